The molecule has 0 bridgehead atoms. The van der Waals surface area contributed by atoms with Crippen LogP contribution in [0.3, 0.4) is 0 Å². The van der Waals surface area contributed by atoms with Crippen molar-refractivity contribution in [3.63, 3.8) is 0 Å². The largest absolute Gasteiger partial charge is 0.393 e. The zero-order valence-corrected chi connectivity index (χ0v) is 21.2. The molecule has 3 unspecified atom stereocenters. The van der Waals surface area contributed by atoms with E-state index >= 15 is 0 Å². The zero-order chi connectivity index (χ0) is 23.8. The maximum atomic E-state index is 10.5. The molecule has 190 valence electrons. The highest BCUT2D eigenvalue weighted by Gasteiger charge is 2.66. The number of ether oxygens (including phenoxy) is 2. The van der Waals surface area contributed by atoms with E-state index in [0.29, 0.717) is 35.5 Å². The monoisotopic (exact) mass is 464 g/mol. The van der Waals surface area contributed by atoms with E-state index in [4.69, 9.17) is 20.9 Å². The van der Waals surface area contributed by atoms with Crippen LogP contribution in [0, 0.1) is 34.5 Å². The first-order chi connectivity index (χ1) is 15.5. The number of nitrogens with two attached hydrogens (primary N) is 2. The molecule has 5 fully saturated rings. The van der Waals surface area contributed by atoms with Gasteiger partial charge in [0.2, 0.25) is 0 Å². The summed E-state index contributed by atoms with van der Waals surface area (Å²) in [5.74, 6) is 2.19. The second-order valence-corrected chi connectivity index (χ2v) is 13.1. The van der Waals surface area contributed by atoms with Gasteiger partial charge in [0.25, 0.3) is 0 Å². The van der Waals surface area contributed by atoms with Crippen molar-refractivity contribution in [1.82, 2.24) is 0 Å². The molecule has 6 N–H and O–H groups in total. The Bertz CT molecular complexity index is 735. The molecule has 5 aliphatic rings. The number of fused-ring (bicyclic) bond motifs is 5. The van der Waals surface area contributed by atoms with Crippen molar-refractivity contribution in [2.45, 2.75) is 134 Å². The molecule has 0 spiro atoms. The van der Waals surface area contributed by atoms with Crippen LogP contribution in [-0.4, -0.2) is 52.5 Å². The molecule has 33 heavy (non-hydrogen) atoms. The Kier molecular flexibility index (Phi) is 6.24. The Morgan fingerprint density at radius 1 is 1.00 bits per heavy atom. The van der Waals surface area contributed by atoms with Gasteiger partial charge in [0, 0.05) is 11.6 Å². The van der Waals surface area contributed by atoms with E-state index in [1.807, 2.05) is 13.8 Å². The lowest BCUT2D eigenvalue weighted by Crippen LogP contribution is -2.67. The standard InChI is InChI=1S/C27H48N2O4/c1-15(30)19-9-12-27(29)21-6-5-17-13-18(33-24-23(31)14-22(28)16(2)32-24)7-10-25(17,3)20(21)8-11-26(19,27)4/h15-24,30-31H,5-14,28-29H2,1-4H3/t15?,16-,17?,18?,19-,20+,21-,22-,23-,24+,25+,26-,27-/m1/s1. The summed E-state index contributed by atoms with van der Waals surface area (Å²) in [6, 6.07) is -0.130. The minimum Gasteiger partial charge on any atom is -0.393 e. The molecular weight excluding hydrogens is 416 g/mol. The lowest BCUT2D eigenvalue weighted by Gasteiger charge is -2.64. The van der Waals surface area contributed by atoms with Crippen LogP contribution in [0.25, 0.3) is 0 Å². The quantitative estimate of drug-likeness (QED) is 0.477. The van der Waals surface area contributed by atoms with Gasteiger partial charge in [-0.3, -0.25) is 0 Å². The van der Waals surface area contributed by atoms with E-state index in [-0.39, 0.29) is 35.3 Å². The predicted molar refractivity (Wildman–Crippen MR) is 128 cm³/mol. The lowest BCUT2D eigenvalue weighted by molar-refractivity contribution is -0.268. The van der Waals surface area contributed by atoms with Crippen molar-refractivity contribution in [2.75, 3.05) is 0 Å². The van der Waals surface area contributed by atoms with E-state index in [0.717, 1.165) is 38.5 Å². The Morgan fingerprint density at radius 2 is 1.76 bits per heavy atom. The third kappa shape index (κ3) is 3.65. The number of aliphatic hydroxyl groups is 2. The Hall–Kier alpha value is -0.240. The van der Waals surface area contributed by atoms with Gasteiger partial charge >= 0.3 is 0 Å². The minimum atomic E-state index is -0.641. The van der Waals surface area contributed by atoms with Crippen molar-refractivity contribution in [1.29, 1.82) is 0 Å². The predicted octanol–water partition coefficient (Wildman–Crippen LogP) is 3.32. The molecule has 1 heterocycles. The molecule has 1 saturated heterocycles. The van der Waals surface area contributed by atoms with E-state index < -0.39 is 12.4 Å². The van der Waals surface area contributed by atoms with E-state index in [1.54, 1.807) is 0 Å². The van der Waals surface area contributed by atoms with E-state index in [2.05, 4.69) is 13.8 Å². The second kappa shape index (κ2) is 8.41. The highest BCUT2D eigenvalue weighted by atomic mass is 16.7. The van der Waals surface area contributed by atoms with Crippen LogP contribution in [0.1, 0.15) is 91.9 Å². The van der Waals surface area contributed by atoms with Gasteiger partial charge in [-0.25, -0.2) is 0 Å². The van der Waals surface area contributed by atoms with Crippen molar-refractivity contribution in [3.8, 4) is 0 Å². The van der Waals surface area contributed by atoms with Gasteiger partial charge in [-0.2, -0.15) is 0 Å². The third-order valence-electron chi connectivity index (χ3n) is 11.7. The van der Waals surface area contributed by atoms with Crippen LogP contribution in [0.5, 0.6) is 0 Å². The fourth-order valence-corrected chi connectivity index (χ4v) is 9.53. The highest BCUT2D eigenvalue weighted by molar-refractivity contribution is 5.19. The summed E-state index contributed by atoms with van der Waals surface area (Å²) in [7, 11) is 0. The second-order valence-electron chi connectivity index (χ2n) is 13.1. The summed E-state index contributed by atoms with van der Waals surface area (Å²) < 4.78 is 12.3. The first-order valence-corrected chi connectivity index (χ1v) is 13.7. The number of hydrogen-bond acceptors (Lipinski definition) is 6. The smallest absolute Gasteiger partial charge is 0.184 e. The average molecular weight is 465 g/mol. The zero-order valence-electron chi connectivity index (χ0n) is 21.2. The highest BCUT2D eigenvalue weighted by Crippen LogP contribution is 2.68. The van der Waals surface area contributed by atoms with Crippen LogP contribution in [0.2, 0.25) is 0 Å². The molecule has 13 atom stereocenters. The maximum Gasteiger partial charge on any atom is 0.184 e. The summed E-state index contributed by atoms with van der Waals surface area (Å²) in [4.78, 5) is 0. The minimum absolute atomic E-state index is 0.0534. The third-order valence-corrected chi connectivity index (χ3v) is 11.7. The molecule has 0 aromatic heterocycles. The van der Waals surface area contributed by atoms with Gasteiger partial charge < -0.3 is 31.2 Å². The van der Waals surface area contributed by atoms with Crippen LogP contribution in [0.4, 0.5) is 0 Å². The molecule has 0 radical (unpaired) electrons. The van der Waals surface area contributed by atoms with Crippen molar-refractivity contribution in [2.24, 2.45) is 46.0 Å². The molecule has 0 amide bonds. The molecule has 6 nitrogen and oxygen atoms in total. The van der Waals surface area contributed by atoms with E-state index in [1.165, 1.54) is 19.3 Å². The van der Waals surface area contributed by atoms with Crippen LogP contribution >= 0.6 is 0 Å². The first-order valence-electron chi connectivity index (χ1n) is 13.7. The fraction of sp³-hybridized carbons (Fsp3) is 1.00. The van der Waals surface area contributed by atoms with Crippen molar-refractivity contribution < 1.29 is 19.7 Å². The number of rotatable bonds is 3. The van der Waals surface area contributed by atoms with Crippen molar-refractivity contribution >= 4 is 0 Å². The van der Waals surface area contributed by atoms with Gasteiger partial charge in [-0.1, -0.05) is 13.8 Å². The summed E-state index contributed by atoms with van der Waals surface area (Å²) in [5.41, 5.74) is 13.6. The van der Waals surface area contributed by atoms with Gasteiger partial charge in [0.05, 0.1) is 18.3 Å². The average Bonchev–Trinajstić information content (AvgIpc) is 3.03. The summed E-state index contributed by atoms with van der Waals surface area (Å²) >= 11 is 0. The van der Waals surface area contributed by atoms with Gasteiger partial charge in [0.1, 0.15) is 6.10 Å². The molecule has 6 heteroatoms. The van der Waals surface area contributed by atoms with Gasteiger partial charge in [-0.05, 0) is 113 Å². The Labute approximate surface area is 200 Å². The lowest BCUT2D eigenvalue weighted by atomic mass is 9.42. The van der Waals surface area contributed by atoms with Gasteiger partial charge in [-0.15, -0.1) is 0 Å². The van der Waals surface area contributed by atoms with E-state index in [9.17, 15) is 10.2 Å². The van der Waals surface area contributed by atoms with Crippen molar-refractivity contribution in [3.05, 3.63) is 0 Å². The topological polar surface area (TPSA) is 111 Å². The molecule has 0 aromatic carbocycles. The first kappa shape index (κ1) is 24.5. The Morgan fingerprint density at radius 3 is 2.48 bits per heavy atom. The molecule has 4 aliphatic carbocycles. The fourth-order valence-electron chi connectivity index (χ4n) is 9.53. The molecule has 1 aliphatic heterocycles. The van der Waals surface area contributed by atoms with Crippen LogP contribution < -0.4 is 11.5 Å². The van der Waals surface area contributed by atoms with Crippen LogP contribution in [-0.2, 0) is 9.47 Å². The molecular formula is C27H48N2O4. The summed E-state index contributed by atoms with van der Waals surface area (Å²) in [6.45, 7) is 8.85. The molecule has 4 saturated carbocycles. The molecule has 0 aromatic rings. The number of aliphatic hydroxyl groups excluding tert-OH is 2. The SMILES string of the molecule is CC(O)[C@H]1CC[C@@]2(N)[C@@H]3CCC4CC(O[C@@H]5O[C@H](C)[C@H](N)C[C@H]5O)CC[C@]4(C)[C@H]3CC[C@]12C. The number of hydrogen-bond donors (Lipinski definition) is 4. The van der Waals surface area contributed by atoms with Gasteiger partial charge in [0.15, 0.2) is 6.29 Å². The summed E-state index contributed by atoms with van der Waals surface area (Å²) in [6.07, 6.45) is 9.28. The molecule has 5 rings (SSSR count). The maximum absolute atomic E-state index is 10.5. The normalized spacial score (nSPS) is 57.6. The van der Waals surface area contributed by atoms with Crippen LogP contribution in [0.15, 0.2) is 0 Å². The summed E-state index contributed by atoms with van der Waals surface area (Å²) in [5, 5.41) is 21.0. The Balaban J connectivity index is 1.29.